The van der Waals surface area contributed by atoms with Gasteiger partial charge in [0, 0.05) is 38.0 Å². The summed E-state index contributed by atoms with van der Waals surface area (Å²) in [5.74, 6) is 1.53. The van der Waals surface area contributed by atoms with Gasteiger partial charge in [0.1, 0.15) is 0 Å². The Labute approximate surface area is 155 Å². The molecule has 0 saturated heterocycles. The molecule has 1 heterocycles. The lowest BCUT2D eigenvalue weighted by atomic mass is 10.0. The van der Waals surface area contributed by atoms with Gasteiger partial charge in [-0.15, -0.1) is 12.4 Å². The number of likely N-dealkylation sites (N-methyl/N-ethyl adjacent to an activating group) is 1. The number of nitrogens with two attached hydrogens (primary N) is 1. The third-order valence-corrected chi connectivity index (χ3v) is 4.25. The zero-order valence-electron chi connectivity index (χ0n) is 15.2. The van der Waals surface area contributed by atoms with E-state index in [4.69, 9.17) is 10.3 Å². The van der Waals surface area contributed by atoms with Crippen LogP contribution in [0.1, 0.15) is 44.6 Å². The molecule has 1 aromatic heterocycles. The van der Waals surface area contributed by atoms with E-state index in [0.717, 1.165) is 5.56 Å². The molecule has 0 aliphatic rings. The highest BCUT2D eigenvalue weighted by Gasteiger charge is 2.16. The number of nitrogens with zero attached hydrogens (tertiary/aromatic N) is 3. The molecule has 1 atom stereocenters. The summed E-state index contributed by atoms with van der Waals surface area (Å²) in [5.41, 5.74) is 7.76. The van der Waals surface area contributed by atoms with Crippen LogP contribution < -0.4 is 5.73 Å². The number of aromatic nitrogens is 2. The lowest BCUT2D eigenvalue weighted by molar-refractivity contribution is -0.131. The van der Waals surface area contributed by atoms with E-state index in [1.165, 1.54) is 5.56 Å². The molecule has 1 amide bonds. The van der Waals surface area contributed by atoms with Gasteiger partial charge in [0.25, 0.3) is 0 Å². The summed E-state index contributed by atoms with van der Waals surface area (Å²) in [6.45, 7) is 6.67. The molecule has 0 radical (unpaired) electrons. The average Bonchev–Trinajstić information content (AvgIpc) is 3.07. The Morgan fingerprint density at radius 3 is 2.44 bits per heavy atom. The standard InChI is InChI=1S/C18H26N4O2.ClH/c1-12(2)14-5-7-15(8-6-14)18-20-16(24-21-18)9-10-17(23)22(4)13(3)11-19;/h5-8,12-13H,9-11,19H2,1-4H3;1H. The molecular formula is C18H27ClN4O2. The highest BCUT2D eigenvalue weighted by molar-refractivity contribution is 5.85. The number of aryl methyl sites for hydroxylation is 1. The molecule has 7 heteroatoms. The fraction of sp³-hybridized carbons (Fsp3) is 0.500. The van der Waals surface area contributed by atoms with Crippen molar-refractivity contribution >= 4 is 18.3 Å². The highest BCUT2D eigenvalue weighted by Crippen LogP contribution is 2.20. The first-order chi connectivity index (χ1) is 11.4. The average molecular weight is 367 g/mol. The number of hydrogen-bond donors (Lipinski definition) is 1. The fourth-order valence-corrected chi connectivity index (χ4v) is 2.28. The Bertz CT molecular complexity index is 670. The summed E-state index contributed by atoms with van der Waals surface area (Å²) in [4.78, 5) is 18.1. The molecule has 6 nitrogen and oxygen atoms in total. The summed E-state index contributed by atoms with van der Waals surface area (Å²) in [5, 5.41) is 4.00. The highest BCUT2D eigenvalue weighted by atomic mass is 35.5. The Morgan fingerprint density at radius 2 is 1.88 bits per heavy atom. The maximum atomic E-state index is 12.1. The number of halogens is 1. The molecule has 1 unspecified atom stereocenters. The van der Waals surface area contributed by atoms with E-state index < -0.39 is 0 Å². The van der Waals surface area contributed by atoms with Gasteiger partial charge in [-0.25, -0.2) is 0 Å². The van der Waals surface area contributed by atoms with Crippen LogP contribution in [0.3, 0.4) is 0 Å². The van der Waals surface area contributed by atoms with Crippen LogP contribution in [0, 0.1) is 0 Å². The van der Waals surface area contributed by atoms with Crippen LogP contribution in [0.5, 0.6) is 0 Å². The van der Waals surface area contributed by atoms with Gasteiger partial charge in [-0.2, -0.15) is 4.98 Å². The van der Waals surface area contributed by atoms with Crippen molar-refractivity contribution in [1.82, 2.24) is 15.0 Å². The summed E-state index contributed by atoms with van der Waals surface area (Å²) in [7, 11) is 1.76. The van der Waals surface area contributed by atoms with E-state index >= 15 is 0 Å². The van der Waals surface area contributed by atoms with Crippen LogP contribution in [0.4, 0.5) is 0 Å². The van der Waals surface area contributed by atoms with Crippen molar-refractivity contribution in [2.24, 2.45) is 5.73 Å². The lowest BCUT2D eigenvalue weighted by Gasteiger charge is -2.23. The van der Waals surface area contributed by atoms with Gasteiger partial charge in [-0.1, -0.05) is 43.3 Å². The zero-order valence-corrected chi connectivity index (χ0v) is 16.0. The largest absolute Gasteiger partial charge is 0.342 e. The molecule has 0 fully saturated rings. The maximum Gasteiger partial charge on any atom is 0.227 e. The Morgan fingerprint density at radius 1 is 1.24 bits per heavy atom. The van der Waals surface area contributed by atoms with Crippen LogP contribution in [-0.4, -0.2) is 40.6 Å². The molecule has 0 spiro atoms. The lowest BCUT2D eigenvalue weighted by Crippen LogP contribution is -2.39. The molecule has 0 saturated carbocycles. The summed E-state index contributed by atoms with van der Waals surface area (Å²) < 4.78 is 5.26. The van der Waals surface area contributed by atoms with Crippen LogP contribution in [0.2, 0.25) is 0 Å². The molecule has 1 aromatic carbocycles. The van der Waals surface area contributed by atoms with Crippen molar-refractivity contribution in [2.75, 3.05) is 13.6 Å². The molecule has 25 heavy (non-hydrogen) atoms. The van der Waals surface area contributed by atoms with Crippen molar-refractivity contribution in [1.29, 1.82) is 0 Å². The van der Waals surface area contributed by atoms with Crippen LogP contribution in [0.15, 0.2) is 28.8 Å². The van der Waals surface area contributed by atoms with Crippen LogP contribution in [0.25, 0.3) is 11.4 Å². The minimum Gasteiger partial charge on any atom is -0.342 e. The third kappa shape index (κ3) is 5.54. The van der Waals surface area contributed by atoms with E-state index in [1.54, 1.807) is 11.9 Å². The monoisotopic (exact) mass is 366 g/mol. The summed E-state index contributed by atoms with van der Waals surface area (Å²) in [6, 6.07) is 8.15. The first kappa shape index (κ1) is 21.1. The Kier molecular flexibility index (Phi) is 8.06. The van der Waals surface area contributed by atoms with E-state index in [2.05, 4.69) is 36.1 Å². The number of amides is 1. The number of benzene rings is 1. The second kappa shape index (κ2) is 9.53. The first-order valence-corrected chi connectivity index (χ1v) is 8.31. The number of carbonyl (C=O) groups excluding carboxylic acids is 1. The minimum absolute atomic E-state index is 0. The molecule has 2 aromatic rings. The van der Waals surface area contributed by atoms with Gasteiger partial charge < -0.3 is 15.2 Å². The quantitative estimate of drug-likeness (QED) is 0.814. The molecule has 2 rings (SSSR count). The van der Waals surface area contributed by atoms with E-state index in [0.29, 0.717) is 37.0 Å². The van der Waals surface area contributed by atoms with E-state index in [1.807, 2.05) is 19.1 Å². The van der Waals surface area contributed by atoms with Crippen molar-refractivity contribution < 1.29 is 9.32 Å². The molecule has 0 aliphatic heterocycles. The van der Waals surface area contributed by atoms with Gasteiger partial charge in [-0.3, -0.25) is 4.79 Å². The second-order valence-electron chi connectivity index (χ2n) is 6.38. The van der Waals surface area contributed by atoms with Gasteiger partial charge in [0.15, 0.2) is 0 Å². The topological polar surface area (TPSA) is 85.2 Å². The van der Waals surface area contributed by atoms with Gasteiger partial charge in [0.2, 0.25) is 17.6 Å². The van der Waals surface area contributed by atoms with E-state index in [-0.39, 0.29) is 24.4 Å². The van der Waals surface area contributed by atoms with E-state index in [9.17, 15) is 4.79 Å². The second-order valence-corrected chi connectivity index (χ2v) is 6.38. The summed E-state index contributed by atoms with van der Waals surface area (Å²) >= 11 is 0. The van der Waals surface area contributed by atoms with Crippen molar-refractivity contribution in [3.8, 4) is 11.4 Å². The van der Waals surface area contributed by atoms with Crippen LogP contribution >= 0.6 is 12.4 Å². The van der Waals surface area contributed by atoms with Crippen molar-refractivity contribution in [3.63, 3.8) is 0 Å². The predicted molar refractivity (Wildman–Crippen MR) is 101 cm³/mol. The maximum absolute atomic E-state index is 12.1. The van der Waals surface area contributed by atoms with Gasteiger partial charge in [-0.05, 0) is 18.4 Å². The van der Waals surface area contributed by atoms with Gasteiger partial charge >= 0.3 is 0 Å². The molecule has 138 valence electrons. The number of rotatable bonds is 7. The fourth-order valence-electron chi connectivity index (χ4n) is 2.28. The Balaban J connectivity index is 0.00000312. The smallest absolute Gasteiger partial charge is 0.227 e. The van der Waals surface area contributed by atoms with Gasteiger partial charge in [0.05, 0.1) is 0 Å². The zero-order chi connectivity index (χ0) is 17.7. The predicted octanol–water partition coefficient (Wildman–Crippen LogP) is 3.02. The van der Waals surface area contributed by atoms with Crippen molar-refractivity contribution in [3.05, 3.63) is 35.7 Å². The molecular weight excluding hydrogens is 340 g/mol. The summed E-state index contributed by atoms with van der Waals surface area (Å²) in [6.07, 6.45) is 0.756. The first-order valence-electron chi connectivity index (χ1n) is 8.31. The number of hydrogen-bond acceptors (Lipinski definition) is 5. The molecule has 0 aliphatic carbocycles. The molecule has 2 N–H and O–H groups in total. The third-order valence-electron chi connectivity index (χ3n) is 4.25. The molecule has 0 bridgehead atoms. The van der Waals surface area contributed by atoms with Crippen LogP contribution in [-0.2, 0) is 11.2 Å². The SMILES string of the molecule is CC(C)c1ccc(-c2noc(CCC(=O)N(C)C(C)CN)n2)cc1.Cl. The number of carbonyl (C=O) groups is 1. The minimum atomic E-state index is 0. The Hall–Kier alpha value is -1.92. The van der Waals surface area contributed by atoms with Crippen molar-refractivity contribution in [2.45, 2.75) is 45.6 Å². The normalized spacial score (nSPS) is 11.9.